The number of para-hydroxylation sites is 1. The van der Waals surface area contributed by atoms with Crippen LogP contribution in [-0.2, 0) is 17.8 Å². The molecular formula is C22H22ClN3O3. The van der Waals surface area contributed by atoms with Gasteiger partial charge in [0.25, 0.3) is 0 Å². The molecule has 0 fully saturated rings. The van der Waals surface area contributed by atoms with Gasteiger partial charge in [-0.1, -0.05) is 29.8 Å². The highest BCUT2D eigenvalue weighted by Gasteiger charge is 2.18. The maximum atomic E-state index is 12.5. The molecule has 29 heavy (non-hydrogen) atoms. The highest BCUT2D eigenvalue weighted by Crippen LogP contribution is 2.38. The molecule has 1 aromatic heterocycles. The molecule has 0 atom stereocenters. The number of fused-ring (bicyclic) bond motifs is 1. The van der Waals surface area contributed by atoms with Crippen LogP contribution in [0.15, 0.2) is 42.5 Å². The number of nitrogens with one attached hydrogen (secondary N) is 1. The van der Waals surface area contributed by atoms with Gasteiger partial charge in [-0.25, -0.2) is 4.68 Å². The number of rotatable bonds is 5. The molecule has 2 heterocycles. The molecule has 1 N–H and O–H groups in total. The summed E-state index contributed by atoms with van der Waals surface area (Å²) in [5, 5.41) is 8.06. The van der Waals surface area contributed by atoms with Crippen LogP contribution in [0.4, 0.5) is 0 Å². The Kier molecular flexibility index (Phi) is 5.45. The summed E-state index contributed by atoms with van der Waals surface area (Å²) < 4.78 is 13.0. The first kappa shape index (κ1) is 19.3. The molecule has 1 aliphatic heterocycles. The van der Waals surface area contributed by atoms with E-state index in [9.17, 15) is 4.79 Å². The molecule has 0 radical (unpaired) electrons. The average Bonchev–Trinajstić information content (AvgIpc) is 3.01. The van der Waals surface area contributed by atoms with E-state index < -0.39 is 0 Å². The first-order valence-corrected chi connectivity index (χ1v) is 9.86. The Hall–Kier alpha value is -2.99. The molecule has 7 heteroatoms. The van der Waals surface area contributed by atoms with Crippen molar-refractivity contribution in [1.29, 1.82) is 0 Å². The SMILES string of the molecule is Cc1nn(-c2ccccc2)c(C)c1CNC(=O)Cc1cc(Cl)c2c(c1)OCCO2. The van der Waals surface area contributed by atoms with E-state index in [2.05, 4.69) is 10.4 Å². The Morgan fingerprint density at radius 2 is 1.93 bits per heavy atom. The standard InChI is InChI=1S/C22H22ClN3O3/c1-14-18(15(2)26(25-14)17-6-4-3-5-7-17)13-24-21(27)12-16-10-19(23)22-20(11-16)28-8-9-29-22/h3-7,10-11H,8-9,12-13H2,1-2H3,(H,24,27). The first-order valence-electron chi connectivity index (χ1n) is 9.48. The number of amides is 1. The zero-order chi connectivity index (χ0) is 20.4. The van der Waals surface area contributed by atoms with E-state index in [1.807, 2.05) is 54.9 Å². The Balaban J connectivity index is 1.44. The molecule has 150 valence electrons. The van der Waals surface area contributed by atoms with Gasteiger partial charge in [-0.2, -0.15) is 5.10 Å². The van der Waals surface area contributed by atoms with Crippen molar-refractivity contribution >= 4 is 17.5 Å². The van der Waals surface area contributed by atoms with Gasteiger partial charge in [0, 0.05) is 17.8 Å². The average molecular weight is 412 g/mol. The zero-order valence-corrected chi connectivity index (χ0v) is 17.1. The summed E-state index contributed by atoms with van der Waals surface area (Å²) in [6.07, 6.45) is 0.210. The van der Waals surface area contributed by atoms with Gasteiger partial charge in [0.1, 0.15) is 13.2 Å². The minimum atomic E-state index is -0.0935. The van der Waals surface area contributed by atoms with Gasteiger partial charge in [0.2, 0.25) is 5.91 Å². The summed E-state index contributed by atoms with van der Waals surface area (Å²) in [5.41, 5.74) is 4.70. The van der Waals surface area contributed by atoms with Crippen LogP contribution in [0.5, 0.6) is 11.5 Å². The van der Waals surface area contributed by atoms with Crippen molar-refractivity contribution in [2.45, 2.75) is 26.8 Å². The number of carbonyl (C=O) groups excluding carboxylic acids is 1. The maximum absolute atomic E-state index is 12.5. The summed E-state index contributed by atoms with van der Waals surface area (Å²) in [6, 6.07) is 13.5. The Labute approximate surface area is 174 Å². The summed E-state index contributed by atoms with van der Waals surface area (Å²) in [5.74, 6) is 1.04. The number of aryl methyl sites for hydroxylation is 1. The van der Waals surface area contributed by atoms with Crippen molar-refractivity contribution in [3.63, 3.8) is 0 Å². The predicted molar refractivity (Wildman–Crippen MR) is 111 cm³/mol. The van der Waals surface area contributed by atoms with Crippen LogP contribution < -0.4 is 14.8 Å². The Bertz CT molecular complexity index is 1050. The molecule has 3 aromatic rings. The van der Waals surface area contributed by atoms with Crippen LogP contribution in [0.3, 0.4) is 0 Å². The number of hydrogen-bond acceptors (Lipinski definition) is 4. The first-order chi connectivity index (χ1) is 14.0. The van der Waals surface area contributed by atoms with E-state index in [1.54, 1.807) is 6.07 Å². The number of halogens is 1. The van der Waals surface area contributed by atoms with Gasteiger partial charge in [0.15, 0.2) is 11.5 Å². The number of carbonyl (C=O) groups is 1. The molecule has 6 nitrogen and oxygen atoms in total. The summed E-state index contributed by atoms with van der Waals surface area (Å²) in [7, 11) is 0. The fraction of sp³-hybridized carbons (Fsp3) is 0.273. The molecular weight excluding hydrogens is 390 g/mol. The van der Waals surface area contributed by atoms with Crippen LogP contribution in [0, 0.1) is 13.8 Å². The van der Waals surface area contributed by atoms with Crippen LogP contribution >= 0.6 is 11.6 Å². The fourth-order valence-corrected chi connectivity index (χ4v) is 3.74. The lowest BCUT2D eigenvalue weighted by Gasteiger charge is -2.20. The molecule has 1 amide bonds. The molecule has 2 aromatic carbocycles. The minimum absolute atomic E-state index is 0.0935. The smallest absolute Gasteiger partial charge is 0.224 e. The highest BCUT2D eigenvalue weighted by atomic mass is 35.5. The monoisotopic (exact) mass is 411 g/mol. The Morgan fingerprint density at radius 3 is 2.72 bits per heavy atom. The molecule has 0 saturated carbocycles. The van der Waals surface area contributed by atoms with Gasteiger partial charge in [-0.15, -0.1) is 0 Å². The fourth-order valence-electron chi connectivity index (χ4n) is 3.45. The zero-order valence-electron chi connectivity index (χ0n) is 16.4. The quantitative estimate of drug-likeness (QED) is 0.694. The number of ether oxygens (including phenoxy) is 2. The van der Waals surface area contributed by atoms with Crippen molar-refractivity contribution in [1.82, 2.24) is 15.1 Å². The lowest BCUT2D eigenvalue weighted by atomic mass is 10.1. The van der Waals surface area contributed by atoms with Gasteiger partial charge < -0.3 is 14.8 Å². The van der Waals surface area contributed by atoms with E-state index in [4.69, 9.17) is 21.1 Å². The number of benzene rings is 2. The summed E-state index contributed by atoms with van der Waals surface area (Å²) in [6.45, 7) is 5.33. The van der Waals surface area contributed by atoms with Crippen LogP contribution in [-0.4, -0.2) is 28.9 Å². The van der Waals surface area contributed by atoms with Crippen LogP contribution in [0.1, 0.15) is 22.5 Å². The van der Waals surface area contributed by atoms with E-state index in [1.165, 1.54) is 0 Å². The molecule has 1 aliphatic rings. The largest absolute Gasteiger partial charge is 0.486 e. The van der Waals surface area contributed by atoms with Crippen molar-refractivity contribution in [3.05, 3.63) is 70.0 Å². The van der Waals surface area contributed by atoms with Crippen LogP contribution in [0.25, 0.3) is 5.69 Å². The van der Waals surface area contributed by atoms with Crippen molar-refractivity contribution in [2.24, 2.45) is 0 Å². The van der Waals surface area contributed by atoms with Gasteiger partial charge in [-0.05, 0) is 43.7 Å². The van der Waals surface area contributed by atoms with Gasteiger partial charge >= 0.3 is 0 Å². The number of aromatic nitrogens is 2. The molecule has 0 unspecified atom stereocenters. The Morgan fingerprint density at radius 1 is 1.17 bits per heavy atom. The van der Waals surface area contributed by atoms with Crippen molar-refractivity contribution in [2.75, 3.05) is 13.2 Å². The van der Waals surface area contributed by atoms with Crippen molar-refractivity contribution < 1.29 is 14.3 Å². The van der Waals surface area contributed by atoms with Crippen molar-refractivity contribution in [3.8, 4) is 17.2 Å². The summed E-state index contributed by atoms with van der Waals surface area (Å²) in [4.78, 5) is 12.5. The van der Waals surface area contributed by atoms with Gasteiger partial charge in [-0.3, -0.25) is 4.79 Å². The van der Waals surface area contributed by atoms with E-state index in [0.29, 0.717) is 36.3 Å². The highest BCUT2D eigenvalue weighted by molar-refractivity contribution is 6.32. The topological polar surface area (TPSA) is 65.4 Å². The normalized spacial score (nSPS) is 12.7. The van der Waals surface area contributed by atoms with Gasteiger partial charge in [0.05, 0.1) is 22.8 Å². The molecule has 0 saturated heterocycles. The lowest BCUT2D eigenvalue weighted by molar-refractivity contribution is -0.120. The molecule has 4 rings (SSSR count). The van der Waals surface area contributed by atoms with E-state index in [0.717, 1.165) is 28.2 Å². The molecule has 0 aliphatic carbocycles. The predicted octanol–water partition coefficient (Wildman–Crippen LogP) is 3.77. The molecule has 0 spiro atoms. The maximum Gasteiger partial charge on any atom is 0.224 e. The third-order valence-corrected chi connectivity index (χ3v) is 5.21. The lowest BCUT2D eigenvalue weighted by Crippen LogP contribution is -2.25. The minimum Gasteiger partial charge on any atom is -0.486 e. The van der Waals surface area contributed by atoms with E-state index >= 15 is 0 Å². The summed E-state index contributed by atoms with van der Waals surface area (Å²) >= 11 is 6.26. The van der Waals surface area contributed by atoms with Crippen LogP contribution in [0.2, 0.25) is 5.02 Å². The second-order valence-electron chi connectivity index (χ2n) is 6.95. The third-order valence-electron chi connectivity index (χ3n) is 4.93. The number of hydrogen-bond donors (Lipinski definition) is 1. The second kappa shape index (κ2) is 8.17. The third kappa shape index (κ3) is 4.07. The van der Waals surface area contributed by atoms with E-state index in [-0.39, 0.29) is 12.3 Å². The molecule has 0 bridgehead atoms. The number of nitrogens with zero attached hydrogens (tertiary/aromatic N) is 2. The second-order valence-corrected chi connectivity index (χ2v) is 7.36.